The molecule has 1 atom stereocenters. The molecule has 5 N–H and O–H groups in total. The SMILES string of the molecule is C/C=C(\C=C(/N)C1=CC(C(=O)O)=CC(c2ncc(N(c3ccccc3)c3ccccc3)s2)N1)C(=O)O. The summed E-state index contributed by atoms with van der Waals surface area (Å²) in [6.45, 7) is 1.59. The molecule has 0 fully saturated rings. The number of nitrogens with one attached hydrogen (secondary N) is 1. The molecule has 2 heterocycles. The number of dihydropyridines is 1. The third kappa shape index (κ3) is 5.37. The van der Waals surface area contributed by atoms with E-state index in [4.69, 9.17) is 5.73 Å². The van der Waals surface area contributed by atoms with Crippen LogP contribution in [0.4, 0.5) is 16.4 Å². The van der Waals surface area contributed by atoms with Crippen molar-refractivity contribution in [2.45, 2.75) is 13.0 Å². The second kappa shape index (κ2) is 10.7. The number of nitrogens with two attached hydrogens (primary N) is 1. The van der Waals surface area contributed by atoms with Gasteiger partial charge in [0.2, 0.25) is 0 Å². The molecule has 0 amide bonds. The van der Waals surface area contributed by atoms with E-state index in [2.05, 4.69) is 15.2 Å². The van der Waals surface area contributed by atoms with E-state index in [1.165, 1.54) is 29.6 Å². The first kappa shape index (κ1) is 24.5. The van der Waals surface area contributed by atoms with E-state index in [-0.39, 0.29) is 16.8 Å². The number of rotatable bonds is 8. The number of aromatic nitrogens is 1. The van der Waals surface area contributed by atoms with Gasteiger partial charge < -0.3 is 26.2 Å². The molecule has 0 saturated heterocycles. The zero-order valence-corrected chi connectivity index (χ0v) is 20.1. The van der Waals surface area contributed by atoms with Crippen LogP contribution in [0.1, 0.15) is 18.0 Å². The molecule has 0 radical (unpaired) electrons. The number of nitrogens with zero attached hydrogens (tertiary/aromatic N) is 2. The number of para-hydroxylation sites is 2. The number of hydrogen-bond donors (Lipinski definition) is 4. The van der Waals surface area contributed by atoms with E-state index >= 15 is 0 Å². The quantitative estimate of drug-likeness (QED) is 0.251. The number of carboxylic acid groups (broad SMARTS) is 2. The second-order valence-corrected chi connectivity index (χ2v) is 8.84. The Kier molecular flexibility index (Phi) is 7.31. The van der Waals surface area contributed by atoms with Crippen molar-refractivity contribution in [3.05, 3.63) is 119 Å². The van der Waals surface area contributed by atoms with Crippen molar-refractivity contribution in [2.24, 2.45) is 5.73 Å². The predicted molar refractivity (Wildman–Crippen MR) is 140 cm³/mol. The van der Waals surface area contributed by atoms with Crippen LogP contribution in [0, 0.1) is 0 Å². The molecule has 0 saturated carbocycles. The molecule has 4 rings (SSSR count). The molecule has 0 spiro atoms. The highest BCUT2D eigenvalue weighted by molar-refractivity contribution is 7.16. The monoisotopic (exact) mass is 500 g/mol. The molecule has 8 nitrogen and oxygen atoms in total. The van der Waals surface area contributed by atoms with Gasteiger partial charge in [-0.2, -0.15) is 0 Å². The normalized spacial score (nSPS) is 16.0. The molecule has 36 heavy (non-hydrogen) atoms. The summed E-state index contributed by atoms with van der Waals surface area (Å²) < 4.78 is 0. The van der Waals surface area contributed by atoms with Crippen LogP contribution < -0.4 is 16.0 Å². The van der Waals surface area contributed by atoms with Crippen LogP contribution in [0.15, 0.2) is 114 Å². The summed E-state index contributed by atoms with van der Waals surface area (Å²) in [7, 11) is 0. The lowest BCUT2D eigenvalue weighted by atomic mass is 10.0. The number of carbonyl (C=O) groups is 2. The first-order valence-corrected chi connectivity index (χ1v) is 11.9. The molecule has 1 aliphatic heterocycles. The van der Waals surface area contributed by atoms with Gasteiger partial charge in [0.25, 0.3) is 0 Å². The largest absolute Gasteiger partial charge is 0.478 e. The minimum absolute atomic E-state index is 0.00363. The molecule has 0 aliphatic carbocycles. The molecule has 182 valence electrons. The number of carboxylic acids is 2. The molecular formula is C27H24N4O4S. The van der Waals surface area contributed by atoms with Crippen LogP contribution in [-0.4, -0.2) is 27.1 Å². The average molecular weight is 501 g/mol. The van der Waals surface area contributed by atoms with E-state index in [1.807, 2.05) is 60.7 Å². The Morgan fingerprint density at radius 3 is 2.19 bits per heavy atom. The predicted octanol–water partition coefficient (Wildman–Crippen LogP) is 5.03. The second-order valence-electron chi connectivity index (χ2n) is 7.80. The molecule has 3 aromatic rings. The van der Waals surface area contributed by atoms with E-state index in [0.717, 1.165) is 16.4 Å². The summed E-state index contributed by atoms with van der Waals surface area (Å²) in [5.41, 5.74) is 8.50. The van der Waals surface area contributed by atoms with Gasteiger partial charge in [0.15, 0.2) is 0 Å². The molecule has 1 unspecified atom stereocenters. The standard InChI is InChI=1S/C27H24N4O4S/c1-2-17(26(32)33)13-21(28)22-14-18(27(34)35)15-23(30-22)25-29-16-24(36-25)31(19-9-5-3-6-10-19)20-11-7-4-8-12-20/h2-16,23,30H,28H2,1H3,(H,32,33)(H,34,35)/b17-2+,21-13-. The zero-order chi connectivity index (χ0) is 25.7. The highest BCUT2D eigenvalue weighted by atomic mass is 32.1. The van der Waals surface area contributed by atoms with Crippen molar-refractivity contribution in [3.8, 4) is 0 Å². The van der Waals surface area contributed by atoms with Crippen molar-refractivity contribution in [1.82, 2.24) is 10.3 Å². The summed E-state index contributed by atoms with van der Waals surface area (Å²) in [4.78, 5) is 29.9. The molecule has 0 bridgehead atoms. The molecule has 9 heteroatoms. The Morgan fingerprint density at radius 2 is 1.67 bits per heavy atom. The summed E-state index contributed by atoms with van der Waals surface area (Å²) in [5, 5.41) is 23.6. The van der Waals surface area contributed by atoms with Crippen LogP contribution in [0.25, 0.3) is 0 Å². The van der Waals surface area contributed by atoms with Gasteiger partial charge in [-0.05, 0) is 49.4 Å². The Labute approximate surface area is 212 Å². The lowest BCUT2D eigenvalue weighted by Crippen LogP contribution is -2.27. The highest BCUT2D eigenvalue weighted by Crippen LogP contribution is 2.39. The lowest BCUT2D eigenvalue weighted by Gasteiger charge is -2.24. The molecule has 1 aromatic heterocycles. The van der Waals surface area contributed by atoms with E-state index in [0.29, 0.717) is 10.7 Å². The van der Waals surface area contributed by atoms with Gasteiger partial charge in [-0.25, -0.2) is 14.6 Å². The van der Waals surface area contributed by atoms with Crippen LogP contribution >= 0.6 is 11.3 Å². The van der Waals surface area contributed by atoms with Gasteiger partial charge in [-0.3, -0.25) is 0 Å². The maximum absolute atomic E-state index is 11.8. The van der Waals surface area contributed by atoms with E-state index < -0.39 is 18.0 Å². The van der Waals surface area contributed by atoms with Crippen molar-refractivity contribution in [2.75, 3.05) is 4.90 Å². The van der Waals surface area contributed by atoms with Crippen molar-refractivity contribution < 1.29 is 19.8 Å². The Balaban J connectivity index is 1.70. The van der Waals surface area contributed by atoms with Crippen LogP contribution in [-0.2, 0) is 9.59 Å². The first-order chi connectivity index (χ1) is 17.4. The maximum atomic E-state index is 11.8. The van der Waals surface area contributed by atoms with Crippen LogP contribution in [0.3, 0.4) is 0 Å². The summed E-state index contributed by atoms with van der Waals surface area (Å²) in [5.74, 6) is -2.25. The number of allylic oxidation sites excluding steroid dienone is 1. The van der Waals surface area contributed by atoms with Crippen LogP contribution in [0.5, 0.6) is 0 Å². The minimum atomic E-state index is -1.13. The van der Waals surface area contributed by atoms with E-state index in [1.54, 1.807) is 19.2 Å². The maximum Gasteiger partial charge on any atom is 0.335 e. The van der Waals surface area contributed by atoms with Gasteiger partial charge in [0.1, 0.15) is 10.0 Å². The third-order valence-electron chi connectivity index (χ3n) is 5.41. The fraction of sp³-hybridized carbons (Fsp3) is 0.0741. The number of aliphatic carboxylic acids is 2. The first-order valence-electron chi connectivity index (χ1n) is 11.0. The van der Waals surface area contributed by atoms with Gasteiger partial charge >= 0.3 is 11.9 Å². The van der Waals surface area contributed by atoms with Crippen LogP contribution in [0.2, 0.25) is 0 Å². The van der Waals surface area contributed by atoms with Crippen molar-refractivity contribution in [1.29, 1.82) is 0 Å². The Hall–Kier alpha value is -4.63. The van der Waals surface area contributed by atoms with E-state index in [9.17, 15) is 19.8 Å². The fourth-order valence-corrected chi connectivity index (χ4v) is 4.65. The smallest absolute Gasteiger partial charge is 0.335 e. The molecule has 2 aromatic carbocycles. The van der Waals surface area contributed by atoms with Crippen molar-refractivity contribution in [3.63, 3.8) is 0 Å². The fourth-order valence-electron chi connectivity index (χ4n) is 3.66. The van der Waals surface area contributed by atoms with Gasteiger partial charge in [0.05, 0.1) is 34.8 Å². The lowest BCUT2D eigenvalue weighted by molar-refractivity contribution is -0.133. The number of anilines is 3. The molecular weight excluding hydrogens is 476 g/mol. The summed E-state index contributed by atoms with van der Waals surface area (Å²) in [6.07, 6.45) is 7.40. The summed E-state index contributed by atoms with van der Waals surface area (Å²) >= 11 is 1.41. The van der Waals surface area contributed by atoms with Gasteiger partial charge in [0, 0.05) is 11.4 Å². The van der Waals surface area contributed by atoms with Gasteiger partial charge in [-0.15, -0.1) is 0 Å². The number of thiazole rings is 1. The minimum Gasteiger partial charge on any atom is -0.478 e. The molecule has 1 aliphatic rings. The average Bonchev–Trinajstić information content (AvgIpc) is 3.38. The number of hydrogen-bond acceptors (Lipinski definition) is 7. The summed E-state index contributed by atoms with van der Waals surface area (Å²) in [6, 6.07) is 19.2. The Morgan fingerprint density at radius 1 is 1.06 bits per heavy atom. The third-order valence-corrected chi connectivity index (χ3v) is 6.48. The Bertz CT molecular complexity index is 1350. The topological polar surface area (TPSA) is 129 Å². The number of benzene rings is 2. The van der Waals surface area contributed by atoms with Crippen molar-refractivity contribution >= 4 is 39.7 Å². The van der Waals surface area contributed by atoms with Gasteiger partial charge in [-0.1, -0.05) is 53.8 Å². The highest BCUT2D eigenvalue weighted by Gasteiger charge is 2.25. The zero-order valence-electron chi connectivity index (χ0n) is 19.3.